The molecule has 0 spiro atoms. The first-order chi connectivity index (χ1) is 9.74. The third-order valence-corrected chi connectivity index (χ3v) is 3.90. The van der Waals surface area contributed by atoms with E-state index in [1.807, 2.05) is 24.3 Å². The summed E-state index contributed by atoms with van der Waals surface area (Å²) in [6.07, 6.45) is 3.04. The maximum atomic E-state index is 12.5. The quantitative estimate of drug-likeness (QED) is 0.859. The molecule has 0 fully saturated rings. The van der Waals surface area contributed by atoms with Crippen molar-refractivity contribution in [2.75, 3.05) is 13.1 Å². The van der Waals surface area contributed by atoms with E-state index in [1.54, 1.807) is 4.57 Å². The zero-order chi connectivity index (χ0) is 14.1. The third kappa shape index (κ3) is 2.01. The first-order valence-corrected chi connectivity index (χ1v) is 7.19. The molecular weight excluding hydrogens is 250 g/mol. The predicted octanol–water partition coefficient (Wildman–Crippen LogP) is 2.48. The fourth-order valence-corrected chi connectivity index (χ4v) is 2.71. The molecule has 1 aromatic heterocycles. The molecule has 2 heterocycles. The van der Waals surface area contributed by atoms with Gasteiger partial charge in [-0.2, -0.15) is 0 Å². The van der Waals surface area contributed by atoms with Crippen molar-refractivity contribution in [2.45, 2.75) is 26.8 Å². The molecule has 0 amide bonds. The summed E-state index contributed by atoms with van der Waals surface area (Å²) in [5.74, 6) is 0.834. The Balaban J connectivity index is 2.17. The van der Waals surface area contributed by atoms with Crippen molar-refractivity contribution >= 4 is 16.5 Å². The second-order valence-corrected chi connectivity index (χ2v) is 5.03. The SMILES string of the molecule is CCN(/C=C1/CCn2c1nc1ccccc1c2=O)CC. The highest BCUT2D eigenvalue weighted by molar-refractivity contribution is 5.79. The minimum absolute atomic E-state index is 0.0774. The molecular formula is C16H19N3O. The van der Waals surface area contributed by atoms with Gasteiger partial charge in [0, 0.05) is 31.4 Å². The van der Waals surface area contributed by atoms with Crippen molar-refractivity contribution in [3.63, 3.8) is 0 Å². The van der Waals surface area contributed by atoms with Crippen LogP contribution in [0, 0.1) is 0 Å². The zero-order valence-corrected chi connectivity index (χ0v) is 12.0. The highest BCUT2D eigenvalue weighted by Gasteiger charge is 2.21. The van der Waals surface area contributed by atoms with Gasteiger partial charge in [0.25, 0.3) is 5.56 Å². The Morgan fingerprint density at radius 2 is 2.05 bits per heavy atom. The van der Waals surface area contributed by atoms with E-state index in [9.17, 15) is 4.79 Å². The second kappa shape index (κ2) is 5.12. The summed E-state index contributed by atoms with van der Waals surface area (Å²) in [5.41, 5.74) is 2.03. The summed E-state index contributed by atoms with van der Waals surface area (Å²) >= 11 is 0. The van der Waals surface area contributed by atoms with E-state index >= 15 is 0 Å². The van der Waals surface area contributed by atoms with Gasteiger partial charge in [-0.25, -0.2) is 4.98 Å². The fourth-order valence-electron chi connectivity index (χ4n) is 2.71. The summed E-state index contributed by atoms with van der Waals surface area (Å²) in [6, 6.07) is 7.57. The molecule has 0 saturated carbocycles. The molecule has 20 heavy (non-hydrogen) atoms. The molecule has 0 unspecified atom stereocenters. The number of fused-ring (bicyclic) bond motifs is 2. The zero-order valence-electron chi connectivity index (χ0n) is 12.0. The molecule has 0 saturated heterocycles. The lowest BCUT2D eigenvalue weighted by Crippen LogP contribution is -2.21. The van der Waals surface area contributed by atoms with Crippen LogP contribution >= 0.6 is 0 Å². The van der Waals surface area contributed by atoms with Gasteiger partial charge in [0.05, 0.1) is 10.9 Å². The number of para-hydroxylation sites is 1. The average molecular weight is 269 g/mol. The number of rotatable bonds is 3. The van der Waals surface area contributed by atoms with Gasteiger partial charge in [-0.3, -0.25) is 9.36 Å². The number of benzene rings is 1. The normalized spacial score (nSPS) is 15.8. The van der Waals surface area contributed by atoms with E-state index in [0.717, 1.165) is 43.0 Å². The second-order valence-electron chi connectivity index (χ2n) is 5.03. The smallest absolute Gasteiger partial charge is 0.261 e. The molecule has 1 aromatic carbocycles. The number of hydrogen-bond donors (Lipinski definition) is 0. The Morgan fingerprint density at radius 1 is 1.30 bits per heavy atom. The summed E-state index contributed by atoms with van der Waals surface area (Å²) in [5, 5.41) is 0.709. The third-order valence-electron chi connectivity index (χ3n) is 3.90. The van der Waals surface area contributed by atoms with Crippen molar-refractivity contribution in [3.05, 3.63) is 46.6 Å². The summed E-state index contributed by atoms with van der Waals surface area (Å²) < 4.78 is 1.80. The van der Waals surface area contributed by atoms with Crippen LogP contribution in [0.2, 0.25) is 0 Å². The van der Waals surface area contributed by atoms with Gasteiger partial charge in [-0.05, 0) is 32.4 Å². The lowest BCUT2D eigenvalue weighted by atomic mass is 10.2. The number of allylic oxidation sites excluding steroid dienone is 1. The van der Waals surface area contributed by atoms with Gasteiger partial charge in [0.2, 0.25) is 0 Å². The molecule has 4 heteroatoms. The largest absolute Gasteiger partial charge is 0.378 e. The minimum atomic E-state index is 0.0774. The van der Waals surface area contributed by atoms with E-state index in [2.05, 4.69) is 29.9 Å². The highest BCUT2D eigenvalue weighted by atomic mass is 16.1. The molecule has 104 valence electrons. The summed E-state index contributed by atoms with van der Waals surface area (Å²) in [7, 11) is 0. The maximum absolute atomic E-state index is 12.5. The fraction of sp³-hybridized carbons (Fsp3) is 0.375. The molecule has 1 aliphatic heterocycles. The van der Waals surface area contributed by atoms with Gasteiger partial charge in [0.15, 0.2) is 0 Å². The van der Waals surface area contributed by atoms with Crippen molar-refractivity contribution in [2.24, 2.45) is 0 Å². The molecule has 0 N–H and O–H groups in total. The Bertz CT molecular complexity index is 726. The Labute approximate surface area is 118 Å². The van der Waals surface area contributed by atoms with Crippen LogP contribution in [0.1, 0.15) is 26.1 Å². The van der Waals surface area contributed by atoms with Crippen LogP contribution in [-0.2, 0) is 6.54 Å². The molecule has 1 aliphatic rings. The number of hydrogen-bond acceptors (Lipinski definition) is 3. The molecule has 2 aromatic rings. The van der Waals surface area contributed by atoms with Gasteiger partial charge in [-0.15, -0.1) is 0 Å². The molecule has 0 bridgehead atoms. The topological polar surface area (TPSA) is 38.1 Å². The predicted molar refractivity (Wildman–Crippen MR) is 81.5 cm³/mol. The van der Waals surface area contributed by atoms with Crippen LogP contribution in [0.25, 0.3) is 16.5 Å². The van der Waals surface area contributed by atoms with E-state index in [1.165, 1.54) is 0 Å². The van der Waals surface area contributed by atoms with Crippen LogP contribution in [0.15, 0.2) is 35.3 Å². The Kier molecular flexibility index (Phi) is 3.30. The van der Waals surface area contributed by atoms with E-state index in [0.29, 0.717) is 5.39 Å². The minimum Gasteiger partial charge on any atom is -0.378 e. The van der Waals surface area contributed by atoms with Crippen molar-refractivity contribution < 1.29 is 0 Å². The van der Waals surface area contributed by atoms with E-state index in [-0.39, 0.29) is 5.56 Å². The van der Waals surface area contributed by atoms with Crippen LogP contribution in [-0.4, -0.2) is 27.5 Å². The van der Waals surface area contributed by atoms with Crippen LogP contribution in [0.4, 0.5) is 0 Å². The average Bonchev–Trinajstić information content (AvgIpc) is 2.88. The van der Waals surface area contributed by atoms with Crippen LogP contribution < -0.4 is 5.56 Å². The van der Waals surface area contributed by atoms with Gasteiger partial charge >= 0.3 is 0 Å². The molecule has 3 rings (SSSR count). The Morgan fingerprint density at radius 3 is 2.80 bits per heavy atom. The van der Waals surface area contributed by atoms with Crippen molar-refractivity contribution in [1.29, 1.82) is 0 Å². The van der Waals surface area contributed by atoms with E-state index in [4.69, 9.17) is 0 Å². The van der Waals surface area contributed by atoms with Gasteiger partial charge < -0.3 is 4.90 Å². The van der Waals surface area contributed by atoms with Gasteiger partial charge in [-0.1, -0.05) is 12.1 Å². The summed E-state index contributed by atoms with van der Waals surface area (Å²) in [6.45, 7) is 6.95. The van der Waals surface area contributed by atoms with Crippen molar-refractivity contribution in [3.8, 4) is 0 Å². The van der Waals surface area contributed by atoms with Crippen molar-refractivity contribution in [1.82, 2.24) is 14.5 Å². The lowest BCUT2D eigenvalue weighted by Gasteiger charge is -2.16. The monoisotopic (exact) mass is 269 g/mol. The number of aromatic nitrogens is 2. The first kappa shape index (κ1) is 12.9. The van der Waals surface area contributed by atoms with E-state index < -0.39 is 0 Å². The maximum Gasteiger partial charge on any atom is 0.261 e. The Hall–Kier alpha value is -2.10. The van der Waals surface area contributed by atoms with Crippen LogP contribution in [0.3, 0.4) is 0 Å². The molecule has 0 radical (unpaired) electrons. The van der Waals surface area contributed by atoms with Crippen LogP contribution in [0.5, 0.6) is 0 Å². The molecule has 4 nitrogen and oxygen atoms in total. The lowest BCUT2D eigenvalue weighted by molar-refractivity contribution is 0.419. The standard InChI is InChI=1S/C16H19N3O/c1-3-18(4-2)11-12-9-10-19-15(12)17-14-8-6-5-7-13(14)16(19)20/h5-8,11H,3-4,9-10H2,1-2H3/b12-11-. The van der Waals surface area contributed by atoms with Gasteiger partial charge in [0.1, 0.15) is 5.82 Å². The molecule has 0 atom stereocenters. The first-order valence-electron chi connectivity index (χ1n) is 7.19. The summed E-state index contributed by atoms with van der Waals surface area (Å²) in [4.78, 5) is 19.4. The highest BCUT2D eigenvalue weighted by Crippen LogP contribution is 2.25. The number of nitrogens with zero attached hydrogens (tertiary/aromatic N) is 3. The molecule has 0 aliphatic carbocycles.